The molecule has 0 atom stereocenters. The molecule has 2 aromatic carbocycles. The summed E-state index contributed by atoms with van der Waals surface area (Å²) in [5.74, 6) is 1.00. The fraction of sp³-hybridized carbons (Fsp3) is 0.238. The third-order valence-electron chi connectivity index (χ3n) is 3.83. The number of methoxy groups -OCH3 is 4. The van der Waals surface area contributed by atoms with Gasteiger partial charge in [0, 0.05) is 17.8 Å². The standard InChI is InChI=1S/C21H23NO7/c1-25-16-8-5-14(11-18(16)27-3)6-10-21(24)29-13-20(23)22-15-7-9-17(26-2)19(12-15)28-4/h5-12H,13H2,1-4H3,(H,22,23). The van der Waals surface area contributed by atoms with E-state index in [4.69, 9.17) is 23.7 Å². The fourth-order valence-corrected chi connectivity index (χ4v) is 2.42. The molecule has 1 amide bonds. The van der Waals surface area contributed by atoms with E-state index in [2.05, 4.69) is 5.32 Å². The van der Waals surface area contributed by atoms with Gasteiger partial charge < -0.3 is 29.0 Å². The molecule has 0 radical (unpaired) electrons. The number of benzene rings is 2. The molecule has 0 aliphatic rings. The summed E-state index contributed by atoms with van der Waals surface area (Å²) >= 11 is 0. The van der Waals surface area contributed by atoms with Crippen LogP contribution < -0.4 is 24.3 Å². The van der Waals surface area contributed by atoms with Crippen molar-refractivity contribution in [2.75, 3.05) is 40.4 Å². The van der Waals surface area contributed by atoms with Crippen molar-refractivity contribution in [1.82, 2.24) is 0 Å². The summed E-state index contributed by atoms with van der Waals surface area (Å²) in [6.45, 7) is -0.427. The summed E-state index contributed by atoms with van der Waals surface area (Å²) in [6.07, 6.45) is 2.78. The van der Waals surface area contributed by atoms with Crippen LogP contribution in [0.4, 0.5) is 5.69 Å². The fourth-order valence-electron chi connectivity index (χ4n) is 2.42. The first-order valence-corrected chi connectivity index (χ1v) is 8.59. The second-order valence-electron chi connectivity index (χ2n) is 5.67. The molecule has 0 heterocycles. The minimum Gasteiger partial charge on any atom is -0.493 e. The number of ether oxygens (including phenoxy) is 5. The van der Waals surface area contributed by atoms with Crippen molar-refractivity contribution in [2.24, 2.45) is 0 Å². The number of anilines is 1. The number of hydrogen-bond acceptors (Lipinski definition) is 7. The Morgan fingerprint density at radius 2 is 1.41 bits per heavy atom. The first-order chi connectivity index (χ1) is 14.0. The van der Waals surface area contributed by atoms with E-state index in [1.165, 1.54) is 34.5 Å². The van der Waals surface area contributed by atoms with Crippen LogP contribution >= 0.6 is 0 Å². The lowest BCUT2D eigenvalue weighted by Crippen LogP contribution is -2.20. The molecular weight excluding hydrogens is 378 g/mol. The Balaban J connectivity index is 1.88. The molecule has 1 N–H and O–H groups in total. The molecule has 0 saturated carbocycles. The Morgan fingerprint density at radius 1 is 0.828 bits per heavy atom. The summed E-state index contributed by atoms with van der Waals surface area (Å²) < 4.78 is 25.6. The Labute approximate surface area is 169 Å². The number of hydrogen-bond donors (Lipinski definition) is 1. The highest BCUT2D eigenvalue weighted by Crippen LogP contribution is 2.30. The zero-order valence-corrected chi connectivity index (χ0v) is 16.7. The zero-order valence-electron chi connectivity index (χ0n) is 16.7. The minimum absolute atomic E-state index is 0.427. The highest BCUT2D eigenvalue weighted by molar-refractivity contribution is 5.94. The molecule has 154 valence electrons. The maximum atomic E-state index is 12.0. The maximum absolute atomic E-state index is 12.0. The maximum Gasteiger partial charge on any atom is 0.331 e. The van der Waals surface area contributed by atoms with E-state index in [0.29, 0.717) is 28.7 Å². The molecule has 0 unspecified atom stereocenters. The molecule has 0 bridgehead atoms. The topological polar surface area (TPSA) is 92.3 Å². The van der Waals surface area contributed by atoms with Gasteiger partial charge in [0.1, 0.15) is 0 Å². The van der Waals surface area contributed by atoms with Crippen molar-refractivity contribution in [3.8, 4) is 23.0 Å². The van der Waals surface area contributed by atoms with Gasteiger partial charge in [0.2, 0.25) is 0 Å². The van der Waals surface area contributed by atoms with Crippen molar-refractivity contribution >= 4 is 23.6 Å². The van der Waals surface area contributed by atoms with E-state index in [9.17, 15) is 9.59 Å². The van der Waals surface area contributed by atoms with Gasteiger partial charge in [-0.25, -0.2) is 4.79 Å². The van der Waals surface area contributed by atoms with Crippen molar-refractivity contribution in [3.63, 3.8) is 0 Å². The summed E-state index contributed by atoms with van der Waals surface area (Å²) in [6, 6.07) is 10.1. The van der Waals surface area contributed by atoms with E-state index in [0.717, 1.165) is 5.56 Å². The van der Waals surface area contributed by atoms with Crippen LogP contribution in [-0.2, 0) is 14.3 Å². The number of nitrogens with one attached hydrogen (secondary N) is 1. The average Bonchev–Trinajstić information content (AvgIpc) is 2.75. The second kappa shape index (κ2) is 10.6. The summed E-state index contributed by atoms with van der Waals surface area (Å²) in [4.78, 5) is 23.8. The van der Waals surface area contributed by atoms with Crippen LogP contribution in [0, 0.1) is 0 Å². The molecular formula is C21H23NO7. The third-order valence-corrected chi connectivity index (χ3v) is 3.83. The smallest absolute Gasteiger partial charge is 0.331 e. The van der Waals surface area contributed by atoms with E-state index in [-0.39, 0.29) is 0 Å². The van der Waals surface area contributed by atoms with Gasteiger partial charge in [-0.3, -0.25) is 4.79 Å². The first-order valence-electron chi connectivity index (χ1n) is 8.59. The summed E-state index contributed by atoms with van der Waals surface area (Å²) in [5.41, 5.74) is 1.21. The van der Waals surface area contributed by atoms with E-state index >= 15 is 0 Å². The predicted molar refractivity (Wildman–Crippen MR) is 108 cm³/mol. The van der Waals surface area contributed by atoms with Gasteiger partial charge in [-0.2, -0.15) is 0 Å². The normalized spacial score (nSPS) is 10.3. The molecule has 0 fully saturated rings. The van der Waals surface area contributed by atoms with Crippen molar-refractivity contribution in [1.29, 1.82) is 0 Å². The minimum atomic E-state index is -0.651. The Bertz CT molecular complexity index is 893. The lowest BCUT2D eigenvalue weighted by molar-refractivity contribution is -0.142. The van der Waals surface area contributed by atoms with Crippen LogP contribution in [0.15, 0.2) is 42.5 Å². The van der Waals surface area contributed by atoms with Gasteiger partial charge >= 0.3 is 5.97 Å². The molecule has 2 aromatic rings. The molecule has 0 aromatic heterocycles. The van der Waals surface area contributed by atoms with Gasteiger partial charge in [-0.05, 0) is 35.9 Å². The average molecular weight is 401 g/mol. The van der Waals surface area contributed by atoms with Gasteiger partial charge in [-0.15, -0.1) is 0 Å². The second-order valence-corrected chi connectivity index (χ2v) is 5.67. The summed E-state index contributed by atoms with van der Waals surface area (Å²) in [7, 11) is 6.08. The highest BCUT2D eigenvalue weighted by Gasteiger charge is 2.09. The van der Waals surface area contributed by atoms with E-state index in [1.807, 2.05) is 0 Å². The Morgan fingerprint density at radius 3 is 2.03 bits per heavy atom. The van der Waals surface area contributed by atoms with Crippen LogP contribution in [0.1, 0.15) is 5.56 Å². The van der Waals surface area contributed by atoms with Crippen molar-refractivity contribution < 1.29 is 33.3 Å². The van der Waals surface area contributed by atoms with E-state index in [1.54, 1.807) is 42.5 Å². The highest BCUT2D eigenvalue weighted by atomic mass is 16.5. The predicted octanol–water partition coefficient (Wildman–Crippen LogP) is 2.92. The largest absolute Gasteiger partial charge is 0.493 e. The lowest BCUT2D eigenvalue weighted by Gasteiger charge is -2.10. The molecule has 0 saturated heterocycles. The van der Waals surface area contributed by atoms with Crippen LogP contribution in [0.5, 0.6) is 23.0 Å². The molecule has 0 aliphatic carbocycles. The first kappa shape index (κ1) is 21.6. The molecule has 8 heteroatoms. The van der Waals surface area contributed by atoms with Crippen LogP contribution in [0.2, 0.25) is 0 Å². The van der Waals surface area contributed by atoms with Crippen LogP contribution in [-0.4, -0.2) is 46.9 Å². The number of carbonyl (C=O) groups is 2. The SMILES string of the molecule is COc1ccc(C=CC(=O)OCC(=O)Nc2ccc(OC)c(OC)c2)cc1OC. The van der Waals surface area contributed by atoms with Crippen molar-refractivity contribution in [3.05, 3.63) is 48.0 Å². The van der Waals surface area contributed by atoms with Gasteiger partial charge in [-0.1, -0.05) is 6.07 Å². The molecule has 0 aliphatic heterocycles. The van der Waals surface area contributed by atoms with Gasteiger partial charge in [0.25, 0.3) is 5.91 Å². The Kier molecular flexibility index (Phi) is 7.90. The Hall–Kier alpha value is -3.68. The molecule has 2 rings (SSSR count). The number of esters is 1. The zero-order chi connectivity index (χ0) is 21.2. The van der Waals surface area contributed by atoms with Gasteiger partial charge in [0.15, 0.2) is 29.6 Å². The van der Waals surface area contributed by atoms with Crippen LogP contribution in [0.25, 0.3) is 6.08 Å². The number of carbonyl (C=O) groups excluding carboxylic acids is 2. The number of amides is 1. The molecule has 0 spiro atoms. The molecule has 29 heavy (non-hydrogen) atoms. The number of rotatable bonds is 9. The molecule has 8 nitrogen and oxygen atoms in total. The third kappa shape index (κ3) is 6.17. The van der Waals surface area contributed by atoms with Gasteiger partial charge in [0.05, 0.1) is 28.4 Å². The monoisotopic (exact) mass is 401 g/mol. The van der Waals surface area contributed by atoms with Crippen molar-refractivity contribution in [2.45, 2.75) is 0 Å². The lowest BCUT2D eigenvalue weighted by atomic mass is 10.2. The van der Waals surface area contributed by atoms with Crippen LogP contribution in [0.3, 0.4) is 0 Å². The van der Waals surface area contributed by atoms with E-state index < -0.39 is 18.5 Å². The summed E-state index contributed by atoms with van der Waals surface area (Å²) in [5, 5.41) is 2.62. The quantitative estimate of drug-likeness (QED) is 0.510.